The van der Waals surface area contributed by atoms with Gasteiger partial charge in [-0.15, -0.1) is 0 Å². The lowest BCUT2D eigenvalue weighted by atomic mass is 10.2. The van der Waals surface area contributed by atoms with Gasteiger partial charge in [0.1, 0.15) is 0 Å². The van der Waals surface area contributed by atoms with Gasteiger partial charge < -0.3 is 9.88 Å². The van der Waals surface area contributed by atoms with E-state index in [4.69, 9.17) is 0 Å². The van der Waals surface area contributed by atoms with Crippen molar-refractivity contribution in [3.05, 3.63) is 41.5 Å². The zero-order valence-corrected chi connectivity index (χ0v) is 14.2. The molecule has 2 aromatic heterocycles. The number of nitrogens with zero attached hydrogens (tertiary/aromatic N) is 4. The lowest BCUT2D eigenvalue weighted by Crippen LogP contribution is -2.34. The molecule has 2 aliphatic rings. The third kappa shape index (κ3) is 3.11. The van der Waals surface area contributed by atoms with Gasteiger partial charge in [-0.3, -0.25) is 14.4 Å². The van der Waals surface area contributed by atoms with Crippen molar-refractivity contribution in [1.29, 1.82) is 0 Å². The summed E-state index contributed by atoms with van der Waals surface area (Å²) in [5, 5.41) is 7.64. The highest BCUT2D eigenvalue weighted by Crippen LogP contribution is 2.19. The van der Waals surface area contributed by atoms with Crippen molar-refractivity contribution in [3.8, 4) is 0 Å². The number of hydrogen-bond donors (Lipinski definition) is 1. The standard InChI is InChI=1S/C18H25N5O/c1-21-8-4-7-15(21)12-22-9-10-23-16(13-22)11-17(20-23)18(24)19-14-5-2-3-6-14/h4,7-8,11,14H,2-3,5-6,9-10,12-13H2,1H3,(H,19,24). The van der Waals surface area contributed by atoms with Crippen LogP contribution in [0.4, 0.5) is 0 Å². The van der Waals surface area contributed by atoms with E-state index in [1.54, 1.807) is 0 Å². The Bertz CT molecular complexity index is 726. The van der Waals surface area contributed by atoms with Gasteiger partial charge in [-0.1, -0.05) is 12.8 Å². The van der Waals surface area contributed by atoms with Crippen LogP contribution in [-0.4, -0.2) is 37.7 Å². The number of rotatable bonds is 4. The summed E-state index contributed by atoms with van der Waals surface area (Å²) < 4.78 is 4.15. The van der Waals surface area contributed by atoms with Crippen LogP contribution in [0.3, 0.4) is 0 Å². The Balaban J connectivity index is 1.41. The summed E-state index contributed by atoms with van der Waals surface area (Å²) in [5.74, 6) is -0.0159. The fourth-order valence-electron chi connectivity index (χ4n) is 3.79. The van der Waals surface area contributed by atoms with Gasteiger partial charge in [0.25, 0.3) is 5.91 Å². The molecule has 0 atom stereocenters. The zero-order valence-electron chi connectivity index (χ0n) is 14.2. The molecule has 1 amide bonds. The fraction of sp³-hybridized carbons (Fsp3) is 0.556. The molecule has 1 fully saturated rings. The summed E-state index contributed by atoms with van der Waals surface area (Å²) in [6, 6.07) is 6.54. The van der Waals surface area contributed by atoms with Gasteiger partial charge in [0.2, 0.25) is 0 Å². The Morgan fingerprint density at radius 3 is 2.92 bits per heavy atom. The molecule has 0 radical (unpaired) electrons. The number of amides is 1. The molecular weight excluding hydrogens is 302 g/mol. The second-order valence-electron chi connectivity index (χ2n) is 7.02. The van der Waals surface area contributed by atoms with Crippen LogP contribution >= 0.6 is 0 Å². The smallest absolute Gasteiger partial charge is 0.272 e. The van der Waals surface area contributed by atoms with Gasteiger partial charge in [-0.25, -0.2) is 0 Å². The minimum Gasteiger partial charge on any atom is -0.353 e. The average molecular weight is 327 g/mol. The number of hydrogen-bond acceptors (Lipinski definition) is 3. The van der Waals surface area contributed by atoms with Crippen LogP contribution in [0.1, 0.15) is 47.6 Å². The summed E-state index contributed by atoms with van der Waals surface area (Å²) in [6.45, 7) is 3.58. The minimum absolute atomic E-state index is 0.0159. The first kappa shape index (κ1) is 15.4. The molecule has 0 bridgehead atoms. The van der Waals surface area contributed by atoms with Gasteiger partial charge in [-0.05, 0) is 31.0 Å². The molecular formula is C18H25N5O. The van der Waals surface area contributed by atoms with E-state index in [0.717, 1.165) is 44.7 Å². The number of nitrogens with one attached hydrogen (secondary N) is 1. The van der Waals surface area contributed by atoms with Crippen molar-refractivity contribution >= 4 is 5.91 Å². The van der Waals surface area contributed by atoms with Crippen LogP contribution in [0.5, 0.6) is 0 Å². The maximum Gasteiger partial charge on any atom is 0.272 e. The number of aromatic nitrogens is 3. The molecule has 4 rings (SSSR count). The third-order valence-corrected chi connectivity index (χ3v) is 5.24. The van der Waals surface area contributed by atoms with Crippen molar-refractivity contribution < 1.29 is 4.79 Å². The first-order valence-corrected chi connectivity index (χ1v) is 8.89. The Kier molecular flexibility index (Phi) is 4.14. The van der Waals surface area contributed by atoms with E-state index >= 15 is 0 Å². The summed E-state index contributed by atoms with van der Waals surface area (Å²) in [5.41, 5.74) is 3.01. The number of carbonyl (C=O) groups is 1. The maximum atomic E-state index is 12.4. The molecule has 0 unspecified atom stereocenters. The number of fused-ring (bicyclic) bond motifs is 1. The zero-order chi connectivity index (χ0) is 16.5. The summed E-state index contributed by atoms with van der Waals surface area (Å²) in [7, 11) is 2.08. The molecule has 1 saturated carbocycles. The van der Waals surface area contributed by atoms with Gasteiger partial charge in [0.15, 0.2) is 5.69 Å². The lowest BCUT2D eigenvalue weighted by molar-refractivity contribution is 0.0931. The van der Waals surface area contributed by atoms with Crippen molar-refractivity contribution in [2.45, 2.75) is 51.4 Å². The molecule has 1 aliphatic heterocycles. The fourth-order valence-corrected chi connectivity index (χ4v) is 3.79. The molecule has 2 aromatic rings. The Morgan fingerprint density at radius 1 is 1.33 bits per heavy atom. The Morgan fingerprint density at radius 2 is 2.17 bits per heavy atom. The van der Waals surface area contributed by atoms with Crippen LogP contribution in [0.15, 0.2) is 24.4 Å². The van der Waals surface area contributed by atoms with Crippen LogP contribution in [0.2, 0.25) is 0 Å². The van der Waals surface area contributed by atoms with Crippen LogP contribution in [0, 0.1) is 0 Å². The maximum absolute atomic E-state index is 12.4. The summed E-state index contributed by atoms with van der Waals surface area (Å²) in [6.07, 6.45) is 6.72. The van der Waals surface area contributed by atoms with Crippen LogP contribution in [0.25, 0.3) is 0 Å². The lowest BCUT2D eigenvalue weighted by Gasteiger charge is -2.27. The van der Waals surface area contributed by atoms with Crippen molar-refractivity contribution in [3.63, 3.8) is 0 Å². The van der Waals surface area contributed by atoms with E-state index in [1.165, 1.54) is 18.5 Å². The first-order chi connectivity index (χ1) is 11.7. The van der Waals surface area contributed by atoms with E-state index < -0.39 is 0 Å². The summed E-state index contributed by atoms with van der Waals surface area (Å²) >= 11 is 0. The first-order valence-electron chi connectivity index (χ1n) is 8.89. The predicted octanol–water partition coefficient (Wildman–Crippen LogP) is 1.91. The molecule has 24 heavy (non-hydrogen) atoms. The van der Waals surface area contributed by atoms with Crippen molar-refractivity contribution in [2.24, 2.45) is 7.05 Å². The topological polar surface area (TPSA) is 55.1 Å². The van der Waals surface area contributed by atoms with E-state index in [-0.39, 0.29) is 5.91 Å². The molecule has 0 spiro atoms. The highest BCUT2D eigenvalue weighted by molar-refractivity contribution is 5.92. The van der Waals surface area contributed by atoms with E-state index in [2.05, 4.69) is 45.3 Å². The average Bonchev–Trinajstić information content (AvgIpc) is 3.29. The highest BCUT2D eigenvalue weighted by atomic mass is 16.2. The molecule has 1 aliphatic carbocycles. The highest BCUT2D eigenvalue weighted by Gasteiger charge is 2.23. The number of aryl methyl sites for hydroxylation is 1. The second-order valence-corrected chi connectivity index (χ2v) is 7.02. The minimum atomic E-state index is -0.0159. The predicted molar refractivity (Wildman–Crippen MR) is 91.5 cm³/mol. The van der Waals surface area contributed by atoms with Gasteiger partial charge in [-0.2, -0.15) is 5.10 Å². The molecule has 3 heterocycles. The summed E-state index contributed by atoms with van der Waals surface area (Å²) in [4.78, 5) is 14.8. The van der Waals surface area contributed by atoms with Crippen LogP contribution < -0.4 is 5.32 Å². The van der Waals surface area contributed by atoms with Crippen LogP contribution in [-0.2, 0) is 26.7 Å². The molecule has 0 aromatic carbocycles. The van der Waals surface area contributed by atoms with Gasteiger partial charge in [0.05, 0.1) is 12.2 Å². The molecule has 6 heteroatoms. The molecule has 1 N–H and O–H groups in total. The van der Waals surface area contributed by atoms with Gasteiger partial charge >= 0.3 is 0 Å². The Hall–Kier alpha value is -2.08. The van der Waals surface area contributed by atoms with E-state index in [9.17, 15) is 4.79 Å². The molecule has 0 saturated heterocycles. The molecule has 6 nitrogen and oxygen atoms in total. The second kappa shape index (κ2) is 6.43. The monoisotopic (exact) mass is 327 g/mol. The third-order valence-electron chi connectivity index (χ3n) is 5.24. The SMILES string of the molecule is Cn1cccc1CN1CCn2nc(C(=O)NC3CCCC3)cc2C1. The van der Waals surface area contributed by atoms with E-state index in [0.29, 0.717) is 11.7 Å². The largest absolute Gasteiger partial charge is 0.353 e. The normalized spacial score (nSPS) is 18.7. The van der Waals surface area contributed by atoms with Crippen molar-refractivity contribution in [1.82, 2.24) is 24.6 Å². The number of carbonyl (C=O) groups excluding carboxylic acids is 1. The quantitative estimate of drug-likeness (QED) is 0.933. The van der Waals surface area contributed by atoms with Gasteiger partial charge in [0, 0.05) is 44.6 Å². The Labute approximate surface area is 142 Å². The molecule has 128 valence electrons. The van der Waals surface area contributed by atoms with E-state index in [1.807, 2.05) is 10.7 Å². The van der Waals surface area contributed by atoms with Crippen molar-refractivity contribution in [2.75, 3.05) is 6.54 Å².